The summed E-state index contributed by atoms with van der Waals surface area (Å²) in [6.07, 6.45) is -4.85. The Balaban J connectivity index is 1.68. The van der Waals surface area contributed by atoms with Crippen molar-refractivity contribution >= 4 is 5.91 Å². The summed E-state index contributed by atoms with van der Waals surface area (Å²) in [6, 6.07) is 15.4. The third-order valence-corrected chi connectivity index (χ3v) is 4.30. The molecule has 0 saturated carbocycles. The molecular weight excluding hydrogens is 427 g/mol. The number of carbonyl (C=O) groups is 1. The standard InChI is InChI=1S/C22H20F3N3O4/c1-2-31-17-9-7-15(8-10-17)18-11-12-21(30)28(27-18)14-20(29)26-13-16-5-3-4-6-19(16)32-22(23,24)25/h3-12H,2,13-14H2,1H3,(H,26,29). The van der Waals surface area contributed by atoms with Crippen molar-refractivity contribution in [1.29, 1.82) is 0 Å². The van der Waals surface area contributed by atoms with Crippen molar-refractivity contribution in [3.8, 4) is 22.8 Å². The van der Waals surface area contributed by atoms with Crippen LogP contribution in [0, 0.1) is 0 Å². The largest absolute Gasteiger partial charge is 0.573 e. The van der Waals surface area contributed by atoms with E-state index in [1.807, 2.05) is 6.92 Å². The number of para-hydroxylation sites is 1. The minimum atomic E-state index is -4.85. The lowest BCUT2D eigenvalue weighted by atomic mass is 10.1. The van der Waals surface area contributed by atoms with Crippen molar-refractivity contribution in [3.63, 3.8) is 0 Å². The molecule has 32 heavy (non-hydrogen) atoms. The van der Waals surface area contributed by atoms with E-state index >= 15 is 0 Å². The van der Waals surface area contributed by atoms with Crippen molar-refractivity contribution in [1.82, 2.24) is 15.1 Å². The van der Waals surface area contributed by atoms with Gasteiger partial charge in [0.2, 0.25) is 5.91 Å². The van der Waals surface area contributed by atoms with Crippen molar-refractivity contribution in [2.45, 2.75) is 26.4 Å². The number of nitrogens with zero attached hydrogens (tertiary/aromatic N) is 2. The van der Waals surface area contributed by atoms with Gasteiger partial charge in [-0.05, 0) is 43.3 Å². The highest BCUT2D eigenvalue weighted by Gasteiger charge is 2.32. The predicted octanol–water partition coefficient (Wildman–Crippen LogP) is 3.52. The molecule has 1 heterocycles. The van der Waals surface area contributed by atoms with E-state index in [9.17, 15) is 22.8 Å². The van der Waals surface area contributed by atoms with Crippen molar-refractivity contribution in [2.75, 3.05) is 6.61 Å². The second kappa shape index (κ2) is 9.99. The number of ether oxygens (including phenoxy) is 2. The monoisotopic (exact) mass is 447 g/mol. The zero-order valence-electron chi connectivity index (χ0n) is 17.1. The summed E-state index contributed by atoms with van der Waals surface area (Å²) in [6.45, 7) is 1.80. The van der Waals surface area contributed by atoms with Gasteiger partial charge in [0.1, 0.15) is 18.0 Å². The summed E-state index contributed by atoms with van der Waals surface area (Å²) in [5.41, 5.74) is 0.850. The van der Waals surface area contributed by atoms with Gasteiger partial charge in [0.05, 0.1) is 12.3 Å². The van der Waals surface area contributed by atoms with Gasteiger partial charge in [0.25, 0.3) is 5.56 Å². The minimum absolute atomic E-state index is 0.140. The number of halogens is 3. The Hall–Kier alpha value is -3.82. The lowest BCUT2D eigenvalue weighted by Crippen LogP contribution is -2.33. The summed E-state index contributed by atoms with van der Waals surface area (Å²) in [5, 5.41) is 6.69. The van der Waals surface area contributed by atoms with Crippen LogP contribution >= 0.6 is 0 Å². The molecule has 1 aromatic heterocycles. The molecule has 0 aliphatic heterocycles. The van der Waals surface area contributed by atoms with E-state index in [1.165, 1.54) is 30.3 Å². The molecule has 0 atom stereocenters. The third-order valence-electron chi connectivity index (χ3n) is 4.30. The first-order chi connectivity index (χ1) is 15.2. The first kappa shape index (κ1) is 22.9. The number of aromatic nitrogens is 2. The topological polar surface area (TPSA) is 82.5 Å². The van der Waals surface area contributed by atoms with E-state index in [1.54, 1.807) is 24.3 Å². The normalized spacial score (nSPS) is 11.1. The van der Waals surface area contributed by atoms with Crippen molar-refractivity contribution in [3.05, 3.63) is 76.6 Å². The van der Waals surface area contributed by atoms with Crippen LogP contribution in [0.2, 0.25) is 0 Å². The van der Waals surface area contributed by atoms with Crippen LogP contribution in [0.4, 0.5) is 13.2 Å². The molecule has 7 nitrogen and oxygen atoms in total. The van der Waals surface area contributed by atoms with Crippen LogP contribution in [-0.4, -0.2) is 28.7 Å². The number of rotatable bonds is 8. The number of hydrogen-bond acceptors (Lipinski definition) is 5. The number of alkyl halides is 3. The second-order valence-electron chi connectivity index (χ2n) is 6.60. The molecule has 0 saturated heterocycles. The molecule has 3 rings (SSSR count). The first-order valence-electron chi connectivity index (χ1n) is 9.67. The molecule has 0 aliphatic carbocycles. The van der Waals surface area contributed by atoms with Crippen molar-refractivity contribution < 1.29 is 27.4 Å². The minimum Gasteiger partial charge on any atom is -0.494 e. The zero-order valence-corrected chi connectivity index (χ0v) is 17.1. The quantitative estimate of drug-likeness (QED) is 0.571. The maximum atomic E-state index is 12.5. The summed E-state index contributed by atoms with van der Waals surface area (Å²) < 4.78 is 47.9. The Labute approximate surface area is 181 Å². The average Bonchev–Trinajstić information content (AvgIpc) is 2.74. The Morgan fingerprint density at radius 3 is 2.47 bits per heavy atom. The Morgan fingerprint density at radius 2 is 1.78 bits per heavy atom. The van der Waals surface area contributed by atoms with E-state index in [0.717, 1.165) is 16.3 Å². The smallest absolute Gasteiger partial charge is 0.494 e. The van der Waals surface area contributed by atoms with Gasteiger partial charge in [0, 0.05) is 23.7 Å². The number of carbonyl (C=O) groups excluding carboxylic acids is 1. The predicted molar refractivity (Wildman–Crippen MR) is 110 cm³/mol. The number of benzene rings is 2. The van der Waals surface area contributed by atoms with Crippen LogP contribution in [0.5, 0.6) is 11.5 Å². The molecule has 0 spiro atoms. The highest BCUT2D eigenvalue weighted by atomic mass is 19.4. The Bertz CT molecular complexity index is 1130. The van der Waals surface area contributed by atoms with Crippen LogP contribution < -0.4 is 20.3 Å². The van der Waals surface area contributed by atoms with Crippen molar-refractivity contribution in [2.24, 2.45) is 0 Å². The molecule has 0 aliphatic rings. The molecule has 2 aromatic carbocycles. The Morgan fingerprint density at radius 1 is 1.06 bits per heavy atom. The highest BCUT2D eigenvalue weighted by molar-refractivity contribution is 5.75. The van der Waals surface area contributed by atoms with Gasteiger partial charge in [0.15, 0.2) is 0 Å². The fraction of sp³-hybridized carbons (Fsp3) is 0.227. The molecular formula is C22H20F3N3O4. The SMILES string of the molecule is CCOc1ccc(-c2ccc(=O)n(CC(=O)NCc3ccccc3OC(F)(F)F)n2)cc1. The van der Waals surface area contributed by atoms with Gasteiger partial charge in [-0.1, -0.05) is 18.2 Å². The maximum absolute atomic E-state index is 12.5. The van der Waals surface area contributed by atoms with E-state index < -0.39 is 30.1 Å². The fourth-order valence-electron chi connectivity index (χ4n) is 2.86. The van der Waals surface area contributed by atoms with Gasteiger partial charge in [-0.2, -0.15) is 5.10 Å². The summed E-state index contributed by atoms with van der Waals surface area (Å²) in [7, 11) is 0. The average molecular weight is 447 g/mol. The molecule has 0 radical (unpaired) electrons. The van der Waals surface area contributed by atoms with Gasteiger partial charge in [-0.3, -0.25) is 9.59 Å². The number of amides is 1. The zero-order chi connectivity index (χ0) is 23.1. The van der Waals surface area contributed by atoms with Crippen LogP contribution in [0.15, 0.2) is 65.5 Å². The molecule has 0 bridgehead atoms. The maximum Gasteiger partial charge on any atom is 0.573 e. The lowest BCUT2D eigenvalue weighted by Gasteiger charge is -2.14. The second-order valence-corrected chi connectivity index (χ2v) is 6.60. The molecule has 1 N–H and O–H groups in total. The molecule has 1 amide bonds. The fourth-order valence-corrected chi connectivity index (χ4v) is 2.86. The van der Waals surface area contributed by atoms with Gasteiger partial charge in [-0.25, -0.2) is 4.68 Å². The van der Waals surface area contributed by atoms with Gasteiger partial charge in [-0.15, -0.1) is 13.2 Å². The van der Waals surface area contributed by atoms with Gasteiger partial charge >= 0.3 is 6.36 Å². The number of nitrogens with one attached hydrogen (secondary N) is 1. The van der Waals surface area contributed by atoms with Crippen LogP contribution in [0.3, 0.4) is 0 Å². The third kappa shape index (κ3) is 6.34. The van der Waals surface area contributed by atoms with E-state index in [0.29, 0.717) is 18.1 Å². The Kier molecular flexibility index (Phi) is 7.14. The summed E-state index contributed by atoms with van der Waals surface area (Å²) >= 11 is 0. The molecule has 10 heteroatoms. The first-order valence-corrected chi connectivity index (χ1v) is 9.67. The van der Waals surface area contributed by atoms with Crippen LogP contribution in [-0.2, 0) is 17.9 Å². The van der Waals surface area contributed by atoms with Crippen LogP contribution in [0.1, 0.15) is 12.5 Å². The molecule has 0 fully saturated rings. The molecule has 0 unspecified atom stereocenters. The lowest BCUT2D eigenvalue weighted by molar-refractivity contribution is -0.274. The van der Waals surface area contributed by atoms with E-state index in [-0.39, 0.29) is 12.1 Å². The van der Waals surface area contributed by atoms with E-state index in [4.69, 9.17) is 4.74 Å². The van der Waals surface area contributed by atoms with Gasteiger partial charge < -0.3 is 14.8 Å². The summed E-state index contributed by atoms with van der Waals surface area (Å²) in [5.74, 6) is -0.308. The molecule has 168 valence electrons. The highest BCUT2D eigenvalue weighted by Crippen LogP contribution is 2.26. The summed E-state index contributed by atoms with van der Waals surface area (Å²) in [4.78, 5) is 24.4. The molecule has 3 aromatic rings. The number of hydrogen-bond donors (Lipinski definition) is 1. The van der Waals surface area contributed by atoms with Crippen LogP contribution in [0.25, 0.3) is 11.3 Å². The van der Waals surface area contributed by atoms with E-state index in [2.05, 4.69) is 15.2 Å².